The summed E-state index contributed by atoms with van der Waals surface area (Å²) in [5.74, 6) is 0.945. The van der Waals surface area contributed by atoms with Gasteiger partial charge in [0.25, 0.3) is 5.91 Å². The molecule has 3 rings (SSSR count). The molecule has 1 N–H and O–H groups in total. The summed E-state index contributed by atoms with van der Waals surface area (Å²) >= 11 is 0. The summed E-state index contributed by atoms with van der Waals surface area (Å²) in [7, 11) is 0. The molecular weight excluding hydrogens is 320 g/mol. The number of piperidine rings is 1. The Hall–Kier alpha value is -2.15. The number of β-amino-alcohol motifs (C(OH)–C–C–N with tert-alkyl or cyclic N) is 1. The molecule has 1 unspecified atom stereocenters. The molecule has 2 aromatic heterocycles. The molecule has 1 aliphatic heterocycles. The topological polar surface area (TPSA) is 84.4 Å². The smallest absolute Gasteiger partial charge is 0.255 e. The number of carbonyl (C=O) groups excluding carboxylic acids is 1. The van der Waals surface area contributed by atoms with E-state index >= 15 is 0 Å². The van der Waals surface area contributed by atoms with E-state index in [0.29, 0.717) is 24.7 Å². The Kier molecular flexibility index (Phi) is 4.69. The molecule has 0 saturated carbocycles. The fraction of sp³-hybridized carbons (Fsp3) is 0.611. The largest absolute Gasteiger partial charge is 0.388 e. The predicted octanol–water partition coefficient (Wildman–Crippen LogP) is 2.03. The van der Waals surface area contributed by atoms with E-state index in [1.807, 2.05) is 19.9 Å². The van der Waals surface area contributed by atoms with Gasteiger partial charge in [0.2, 0.25) is 5.89 Å². The molecule has 2 aromatic rings. The van der Waals surface area contributed by atoms with Gasteiger partial charge in [0.05, 0.1) is 24.1 Å². The molecule has 1 atom stereocenters. The Morgan fingerprint density at radius 2 is 2.16 bits per heavy atom. The molecule has 0 aliphatic carbocycles. The lowest BCUT2D eigenvalue weighted by atomic mass is 9.89. The lowest BCUT2D eigenvalue weighted by Crippen LogP contribution is -2.51. The molecule has 0 radical (unpaired) electrons. The van der Waals surface area contributed by atoms with E-state index in [1.54, 1.807) is 11.8 Å². The number of aliphatic hydroxyl groups is 1. The Morgan fingerprint density at radius 1 is 1.40 bits per heavy atom. The highest BCUT2D eigenvalue weighted by Gasteiger charge is 2.37. The second kappa shape index (κ2) is 6.63. The van der Waals surface area contributed by atoms with Crippen molar-refractivity contribution in [2.75, 3.05) is 13.1 Å². The summed E-state index contributed by atoms with van der Waals surface area (Å²) in [5.41, 5.74) is 1.75. The molecule has 7 nitrogen and oxygen atoms in total. The van der Waals surface area contributed by atoms with Gasteiger partial charge in [0.15, 0.2) is 5.82 Å². The number of likely N-dealkylation sites (tertiary alicyclic amines) is 1. The van der Waals surface area contributed by atoms with Gasteiger partial charge in [-0.25, -0.2) is 0 Å². The van der Waals surface area contributed by atoms with Gasteiger partial charge in [-0.15, -0.1) is 0 Å². The van der Waals surface area contributed by atoms with Crippen molar-refractivity contribution >= 4 is 5.91 Å². The first-order valence-electron chi connectivity index (χ1n) is 8.80. The SMILES string of the molecule is CCn1c(C)cc(C(=O)N2CCCC(O)(Cc3nc(C)no3)C2)c1C. The van der Waals surface area contributed by atoms with Crippen LogP contribution < -0.4 is 0 Å². The van der Waals surface area contributed by atoms with Gasteiger partial charge < -0.3 is 19.1 Å². The number of rotatable bonds is 4. The van der Waals surface area contributed by atoms with Crippen molar-refractivity contribution in [2.24, 2.45) is 0 Å². The fourth-order valence-electron chi connectivity index (χ4n) is 3.80. The third-order valence-corrected chi connectivity index (χ3v) is 5.01. The van der Waals surface area contributed by atoms with Gasteiger partial charge in [0.1, 0.15) is 0 Å². The minimum absolute atomic E-state index is 0.0207. The first-order chi connectivity index (χ1) is 11.8. The van der Waals surface area contributed by atoms with E-state index < -0.39 is 5.60 Å². The summed E-state index contributed by atoms with van der Waals surface area (Å²) in [6.45, 7) is 9.57. The molecular formula is C18H26N4O3. The molecule has 1 fully saturated rings. The Morgan fingerprint density at radius 3 is 2.76 bits per heavy atom. The Bertz CT molecular complexity index is 779. The van der Waals surface area contributed by atoms with Crippen LogP contribution in [0.15, 0.2) is 10.6 Å². The molecule has 1 aliphatic rings. The van der Waals surface area contributed by atoms with Crippen LogP contribution in [-0.2, 0) is 13.0 Å². The Labute approximate surface area is 147 Å². The number of aromatic nitrogens is 3. The monoisotopic (exact) mass is 346 g/mol. The third kappa shape index (κ3) is 3.46. The normalized spacial score (nSPS) is 20.9. The van der Waals surface area contributed by atoms with Crippen molar-refractivity contribution in [1.82, 2.24) is 19.6 Å². The van der Waals surface area contributed by atoms with E-state index in [-0.39, 0.29) is 18.9 Å². The number of aryl methyl sites for hydroxylation is 2. The number of hydrogen-bond donors (Lipinski definition) is 1. The van der Waals surface area contributed by atoms with Gasteiger partial charge in [-0.2, -0.15) is 4.98 Å². The lowest BCUT2D eigenvalue weighted by molar-refractivity contribution is -0.0286. The van der Waals surface area contributed by atoms with Gasteiger partial charge >= 0.3 is 0 Å². The number of hydrogen-bond acceptors (Lipinski definition) is 5. The molecule has 136 valence electrons. The third-order valence-electron chi connectivity index (χ3n) is 5.01. The van der Waals surface area contributed by atoms with E-state index in [1.165, 1.54) is 0 Å². The fourth-order valence-corrected chi connectivity index (χ4v) is 3.80. The molecule has 0 aromatic carbocycles. The van der Waals surface area contributed by atoms with Crippen LogP contribution in [-0.4, -0.2) is 49.3 Å². The summed E-state index contributed by atoms with van der Waals surface area (Å²) in [4.78, 5) is 18.9. The highest BCUT2D eigenvalue weighted by molar-refractivity contribution is 5.95. The minimum Gasteiger partial charge on any atom is -0.388 e. The van der Waals surface area contributed by atoms with Crippen LogP contribution in [0.5, 0.6) is 0 Å². The second-order valence-corrected chi connectivity index (χ2v) is 7.00. The lowest BCUT2D eigenvalue weighted by Gasteiger charge is -2.38. The standard InChI is InChI=1S/C18H26N4O3/c1-5-22-12(2)9-15(13(22)3)17(23)21-8-6-7-18(24,11-21)10-16-19-14(4)20-25-16/h9,24H,5-8,10-11H2,1-4H3. The average Bonchev–Trinajstić information content (AvgIpc) is 3.08. The van der Waals surface area contributed by atoms with E-state index in [0.717, 1.165) is 29.9 Å². The van der Waals surface area contributed by atoms with Crippen LogP contribution >= 0.6 is 0 Å². The summed E-state index contributed by atoms with van der Waals surface area (Å²) in [6.07, 6.45) is 1.64. The highest BCUT2D eigenvalue weighted by Crippen LogP contribution is 2.27. The van der Waals surface area contributed by atoms with Crippen LogP contribution in [0.3, 0.4) is 0 Å². The van der Waals surface area contributed by atoms with E-state index in [2.05, 4.69) is 21.6 Å². The molecule has 25 heavy (non-hydrogen) atoms. The summed E-state index contributed by atoms with van der Waals surface area (Å²) in [6, 6.07) is 1.94. The quantitative estimate of drug-likeness (QED) is 0.916. The number of amides is 1. The van der Waals surface area contributed by atoms with Crippen molar-refractivity contribution in [3.05, 3.63) is 34.7 Å². The van der Waals surface area contributed by atoms with Gasteiger partial charge in [0, 0.05) is 24.5 Å². The van der Waals surface area contributed by atoms with Crippen molar-refractivity contribution in [3.8, 4) is 0 Å². The maximum atomic E-state index is 13.0. The Balaban J connectivity index is 1.77. The molecule has 0 bridgehead atoms. The predicted molar refractivity (Wildman–Crippen MR) is 92.4 cm³/mol. The van der Waals surface area contributed by atoms with Crippen molar-refractivity contribution in [2.45, 2.75) is 59.1 Å². The van der Waals surface area contributed by atoms with Crippen LogP contribution in [0.25, 0.3) is 0 Å². The first kappa shape index (κ1) is 17.7. The summed E-state index contributed by atoms with van der Waals surface area (Å²) in [5, 5.41) is 14.7. The average molecular weight is 346 g/mol. The van der Waals surface area contributed by atoms with Crippen molar-refractivity contribution in [1.29, 1.82) is 0 Å². The van der Waals surface area contributed by atoms with Crippen LogP contribution in [0.4, 0.5) is 0 Å². The van der Waals surface area contributed by atoms with Crippen LogP contribution in [0, 0.1) is 20.8 Å². The van der Waals surface area contributed by atoms with Gasteiger partial charge in [-0.3, -0.25) is 4.79 Å². The van der Waals surface area contributed by atoms with Gasteiger partial charge in [-0.1, -0.05) is 5.16 Å². The zero-order valence-corrected chi connectivity index (χ0v) is 15.4. The minimum atomic E-state index is -1.02. The van der Waals surface area contributed by atoms with Crippen LogP contribution in [0.1, 0.15) is 53.2 Å². The molecule has 0 spiro atoms. The van der Waals surface area contributed by atoms with Gasteiger partial charge in [-0.05, 0) is 46.6 Å². The zero-order valence-electron chi connectivity index (χ0n) is 15.4. The number of carbonyl (C=O) groups is 1. The van der Waals surface area contributed by atoms with Crippen LogP contribution in [0.2, 0.25) is 0 Å². The first-order valence-corrected chi connectivity index (χ1v) is 8.80. The molecule has 1 saturated heterocycles. The van der Waals surface area contributed by atoms with Crippen molar-refractivity contribution in [3.63, 3.8) is 0 Å². The van der Waals surface area contributed by atoms with E-state index in [4.69, 9.17) is 4.52 Å². The molecule has 7 heteroatoms. The number of nitrogens with zero attached hydrogens (tertiary/aromatic N) is 4. The molecule has 3 heterocycles. The van der Waals surface area contributed by atoms with E-state index in [9.17, 15) is 9.90 Å². The molecule has 1 amide bonds. The highest BCUT2D eigenvalue weighted by atomic mass is 16.5. The maximum absolute atomic E-state index is 13.0. The van der Waals surface area contributed by atoms with Crippen molar-refractivity contribution < 1.29 is 14.4 Å². The maximum Gasteiger partial charge on any atom is 0.255 e. The second-order valence-electron chi connectivity index (χ2n) is 7.00. The zero-order chi connectivity index (χ0) is 18.2. The summed E-state index contributed by atoms with van der Waals surface area (Å²) < 4.78 is 7.27.